The Labute approximate surface area is 126 Å². The van der Waals surface area contributed by atoms with Gasteiger partial charge in [0, 0.05) is 13.2 Å². The van der Waals surface area contributed by atoms with Crippen LogP contribution in [-0.4, -0.2) is 54.5 Å². The molecule has 0 radical (unpaired) electrons. The Morgan fingerprint density at radius 1 is 1.33 bits per heavy atom. The van der Waals surface area contributed by atoms with Crippen molar-refractivity contribution in [2.45, 2.75) is 65.3 Å². The number of hydrogen-bond acceptors (Lipinski definition) is 5. The maximum atomic E-state index is 12.0. The maximum Gasteiger partial charge on any atom is 0.410 e. The lowest BCUT2D eigenvalue weighted by molar-refractivity contribution is -0.163. The SMILES string of the molecule is CCO[C@@H](C)C(=O)O[C@H]1CCCN(C(=O)OC(C)(C)C)C1. The molecule has 1 saturated heterocycles. The van der Waals surface area contributed by atoms with Gasteiger partial charge in [-0.25, -0.2) is 9.59 Å². The molecular weight excluding hydrogens is 274 g/mol. The summed E-state index contributed by atoms with van der Waals surface area (Å²) in [7, 11) is 0. The van der Waals surface area contributed by atoms with Crippen LogP contribution in [0.1, 0.15) is 47.5 Å². The molecule has 1 aliphatic rings. The van der Waals surface area contributed by atoms with E-state index in [1.165, 1.54) is 0 Å². The number of carbonyl (C=O) groups is 2. The summed E-state index contributed by atoms with van der Waals surface area (Å²) >= 11 is 0. The molecule has 6 heteroatoms. The molecule has 0 aromatic heterocycles. The fourth-order valence-corrected chi connectivity index (χ4v) is 2.10. The molecule has 1 fully saturated rings. The van der Waals surface area contributed by atoms with Gasteiger partial charge in [-0.1, -0.05) is 0 Å². The first-order valence-electron chi connectivity index (χ1n) is 7.53. The molecular formula is C15H27NO5. The molecule has 122 valence electrons. The quantitative estimate of drug-likeness (QED) is 0.746. The highest BCUT2D eigenvalue weighted by Crippen LogP contribution is 2.17. The Morgan fingerprint density at radius 3 is 2.57 bits per heavy atom. The van der Waals surface area contributed by atoms with Gasteiger partial charge in [0.1, 0.15) is 11.7 Å². The van der Waals surface area contributed by atoms with E-state index < -0.39 is 11.7 Å². The lowest BCUT2D eigenvalue weighted by Gasteiger charge is -2.34. The van der Waals surface area contributed by atoms with Crippen LogP contribution < -0.4 is 0 Å². The number of carbonyl (C=O) groups excluding carboxylic acids is 2. The summed E-state index contributed by atoms with van der Waals surface area (Å²) in [6, 6.07) is 0. The van der Waals surface area contributed by atoms with Crippen LogP contribution in [0.15, 0.2) is 0 Å². The Kier molecular flexibility index (Phi) is 6.45. The van der Waals surface area contributed by atoms with E-state index in [0.717, 1.165) is 12.8 Å². The summed E-state index contributed by atoms with van der Waals surface area (Å²) in [5, 5.41) is 0. The van der Waals surface area contributed by atoms with Gasteiger partial charge in [-0.3, -0.25) is 0 Å². The molecule has 6 nitrogen and oxygen atoms in total. The minimum atomic E-state index is -0.577. The molecule has 1 rings (SSSR count). The maximum absolute atomic E-state index is 12.0. The van der Waals surface area contributed by atoms with Crippen molar-refractivity contribution in [2.24, 2.45) is 0 Å². The van der Waals surface area contributed by atoms with Crippen LogP contribution in [0.2, 0.25) is 0 Å². The van der Waals surface area contributed by atoms with E-state index in [-0.39, 0.29) is 18.2 Å². The van der Waals surface area contributed by atoms with Crippen LogP contribution in [-0.2, 0) is 19.0 Å². The van der Waals surface area contributed by atoms with Crippen molar-refractivity contribution < 1.29 is 23.8 Å². The van der Waals surface area contributed by atoms with Crippen molar-refractivity contribution in [3.05, 3.63) is 0 Å². The van der Waals surface area contributed by atoms with Crippen molar-refractivity contribution >= 4 is 12.1 Å². The van der Waals surface area contributed by atoms with Crippen molar-refractivity contribution in [3.8, 4) is 0 Å². The van der Waals surface area contributed by atoms with Crippen LogP contribution in [0.5, 0.6) is 0 Å². The van der Waals surface area contributed by atoms with Gasteiger partial charge >= 0.3 is 12.1 Å². The Balaban J connectivity index is 2.48. The molecule has 0 spiro atoms. The molecule has 1 amide bonds. The fraction of sp³-hybridized carbons (Fsp3) is 0.867. The largest absolute Gasteiger partial charge is 0.459 e. The van der Waals surface area contributed by atoms with Gasteiger partial charge in [0.15, 0.2) is 6.10 Å². The van der Waals surface area contributed by atoms with Crippen LogP contribution >= 0.6 is 0 Å². The molecule has 0 bridgehead atoms. The summed E-state index contributed by atoms with van der Waals surface area (Å²) in [6.45, 7) is 10.5. The molecule has 0 unspecified atom stereocenters. The molecule has 0 aliphatic carbocycles. The lowest BCUT2D eigenvalue weighted by Crippen LogP contribution is -2.46. The van der Waals surface area contributed by atoms with Crippen LogP contribution in [0, 0.1) is 0 Å². The van der Waals surface area contributed by atoms with Gasteiger partial charge in [-0.05, 0) is 47.5 Å². The average molecular weight is 301 g/mol. The molecule has 0 N–H and O–H groups in total. The Morgan fingerprint density at radius 2 is 2.00 bits per heavy atom. The highest BCUT2D eigenvalue weighted by atomic mass is 16.6. The van der Waals surface area contributed by atoms with Crippen LogP contribution in [0.3, 0.4) is 0 Å². The van der Waals surface area contributed by atoms with Gasteiger partial charge in [-0.15, -0.1) is 0 Å². The number of esters is 1. The second kappa shape index (κ2) is 7.64. The van der Waals surface area contributed by atoms with Crippen molar-refractivity contribution in [3.63, 3.8) is 0 Å². The van der Waals surface area contributed by atoms with E-state index in [9.17, 15) is 9.59 Å². The summed E-state index contributed by atoms with van der Waals surface area (Å²) < 4.78 is 15.9. The molecule has 0 saturated carbocycles. The molecule has 1 heterocycles. The Hall–Kier alpha value is -1.30. The summed E-state index contributed by atoms with van der Waals surface area (Å²) in [5.74, 6) is -0.382. The van der Waals surface area contributed by atoms with Gasteiger partial charge in [0.05, 0.1) is 6.54 Å². The second-order valence-electron chi connectivity index (χ2n) is 6.23. The zero-order chi connectivity index (χ0) is 16.0. The van der Waals surface area contributed by atoms with Gasteiger partial charge in [0.25, 0.3) is 0 Å². The third kappa shape index (κ3) is 6.33. The van der Waals surface area contributed by atoms with Crippen molar-refractivity contribution in [2.75, 3.05) is 19.7 Å². The molecule has 0 aromatic rings. The topological polar surface area (TPSA) is 65.1 Å². The third-order valence-electron chi connectivity index (χ3n) is 3.06. The first-order valence-corrected chi connectivity index (χ1v) is 7.53. The smallest absolute Gasteiger partial charge is 0.410 e. The van der Waals surface area contributed by atoms with E-state index in [1.54, 1.807) is 11.8 Å². The van der Waals surface area contributed by atoms with E-state index in [1.807, 2.05) is 27.7 Å². The predicted octanol–water partition coefficient (Wildman–Crippen LogP) is 2.35. The summed E-state index contributed by atoms with van der Waals surface area (Å²) in [6.07, 6.45) is 0.319. The van der Waals surface area contributed by atoms with Crippen LogP contribution in [0.25, 0.3) is 0 Å². The summed E-state index contributed by atoms with van der Waals surface area (Å²) in [4.78, 5) is 25.4. The van der Waals surface area contributed by atoms with E-state index in [0.29, 0.717) is 19.7 Å². The molecule has 21 heavy (non-hydrogen) atoms. The zero-order valence-corrected chi connectivity index (χ0v) is 13.7. The Bertz CT molecular complexity index is 364. The lowest BCUT2D eigenvalue weighted by atomic mass is 10.1. The van der Waals surface area contributed by atoms with Gasteiger partial charge in [-0.2, -0.15) is 0 Å². The number of ether oxygens (including phenoxy) is 3. The second-order valence-corrected chi connectivity index (χ2v) is 6.23. The highest BCUT2D eigenvalue weighted by Gasteiger charge is 2.30. The third-order valence-corrected chi connectivity index (χ3v) is 3.06. The van der Waals surface area contributed by atoms with Gasteiger partial charge < -0.3 is 19.1 Å². The molecule has 1 aliphatic heterocycles. The molecule has 2 atom stereocenters. The minimum absolute atomic E-state index is 0.290. The monoisotopic (exact) mass is 301 g/mol. The fourth-order valence-electron chi connectivity index (χ4n) is 2.10. The van der Waals surface area contributed by atoms with Gasteiger partial charge in [0.2, 0.25) is 0 Å². The number of rotatable bonds is 4. The number of amides is 1. The van der Waals surface area contributed by atoms with E-state index in [4.69, 9.17) is 14.2 Å². The molecule has 0 aromatic carbocycles. The minimum Gasteiger partial charge on any atom is -0.459 e. The number of piperidine rings is 1. The normalized spacial score (nSPS) is 20.8. The van der Waals surface area contributed by atoms with E-state index >= 15 is 0 Å². The van der Waals surface area contributed by atoms with Crippen LogP contribution in [0.4, 0.5) is 4.79 Å². The number of nitrogens with zero attached hydrogens (tertiary/aromatic N) is 1. The van der Waals surface area contributed by atoms with Crippen molar-refractivity contribution in [1.29, 1.82) is 0 Å². The summed E-state index contributed by atoms with van der Waals surface area (Å²) in [5.41, 5.74) is -0.524. The number of hydrogen-bond donors (Lipinski definition) is 0. The standard InChI is InChI=1S/C15H27NO5/c1-6-19-11(2)13(17)20-12-8-7-9-16(10-12)14(18)21-15(3,4)5/h11-12H,6-10H2,1-5H3/t11-,12-/m0/s1. The number of likely N-dealkylation sites (tertiary alicyclic amines) is 1. The first kappa shape index (κ1) is 17.8. The highest BCUT2D eigenvalue weighted by molar-refractivity contribution is 5.74. The first-order chi connectivity index (χ1) is 9.73. The average Bonchev–Trinajstić information content (AvgIpc) is 2.37. The zero-order valence-electron chi connectivity index (χ0n) is 13.7. The predicted molar refractivity (Wildman–Crippen MR) is 78.0 cm³/mol. The van der Waals surface area contributed by atoms with Crippen molar-refractivity contribution in [1.82, 2.24) is 4.90 Å². The van der Waals surface area contributed by atoms with E-state index in [2.05, 4.69) is 0 Å².